The molecule has 1 amide bonds. The van der Waals surface area contributed by atoms with E-state index in [9.17, 15) is 4.79 Å². The Kier molecular flexibility index (Phi) is 6.53. The van der Waals surface area contributed by atoms with Crippen molar-refractivity contribution in [1.82, 2.24) is 5.32 Å². The molecular weight excluding hydrogens is 353 g/mol. The van der Waals surface area contributed by atoms with Crippen LogP contribution in [0.15, 0.2) is 42.5 Å². The molecule has 4 heteroatoms. The van der Waals surface area contributed by atoms with E-state index in [4.69, 9.17) is 23.2 Å². The smallest absolute Gasteiger partial charge is 0.220 e. The zero-order valence-electron chi connectivity index (χ0n) is 15.2. The van der Waals surface area contributed by atoms with Crippen LogP contribution in [0.4, 0.5) is 0 Å². The maximum absolute atomic E-state index is 12.3. The number of halogens is 2. The first-order valence-electron chi connectivity index (χ1n) is 8.51. The lowest BCUT2D eigenvalue weighted by molar-refractivity contribution is -0.121. The van der Waals surface area contributed by atoms with Gasteiger partial charge in [-0.1, -0.05) is 74.3 Å². The molecular formula is C21H25Cl2NO. The minimum Gasteiger partial charge on any atom is -0.350 e. The molecule has 134 valence electrons. The first-order chi connectivity index (χ1) is 11.7. The van der Waals surface area contributed by atoms with Gasteiger partial charge in [0, 0.05) is 16.5 Å². The number of amides is 1. The predicted octanol–water partition coefficient (Wildman–Crippen LogP) is 6.10. The molecule has 0 aromatic heterocycles. The van der Waals surface area contributed by atoms with Crippen LogP contribution in [0.1, 0.15) is 56.8 Å². The van der Waals surface area contributed by atoms with Gasteiger partial charge >= 0.3 is 0 Å². The third kappa shape index (κ3) is 5.49. The molecule has 1 atom stereocenters. The van der Waals surface area contributed by atoms with Crippen molar-refractivity contribution in [2.75, 3.05) is 0 Å². The highest BCUT2D eigenvalue weighted by atomic mass is 35.5. The molecule has 0 aliphatic heterocycles. The fraction of sp³-hybridized carbons (Fsp3) is 0.381. The molecule has 0 aliphatic rings. The summed E-state index contributed by atoms with van der Waals surface area (Å²) in [5, 5.41) is 4.24. The SMILES string of the molecule is CC(NC(=O)CCc1c(Cl)cccc1Cl)c1ccc(C(C)(C)C)cc1. The predicted molar refractivity (Wildman–Crippen MR) is 106 cm³/mol. The van der Waals surface area contributed by atoms with Crippen molar-refractivity contribution in [1.29, 1.82) is 0 Å². The highest BCUT2D eigenvalue weighted by molar-refractivity contribution is 6.36. The molecule has 2 rings (SSSR count). The van der Waals surface area contributed by atoms with E-state index in [-0.39, 0.29) is 17.4 Å². The first kappa shape index (κ1) is 19.8. The lowest BCUT2D eigenvalue weighted by Gasteiger charge is -2.21. The number of benzene rings is 2. The molecule has 1 unspecified atom stereocenters. The minimum atomic E-state index is -0.0387. The van der Waals surface area contributed by atoms with Crippen molar-refractivity contribution >= 4 is 29.1 Å². The van der Waals surface area contributed by atoms with E-state index in [0.717, 1.165) is 11.1 Å². The Balaban J connectivity index is 1.94. The second-order valence-corrected chi connectivity index (χ2v) is 8.18. The van der Waals surface area contributed by atoms with Gasteiger partial charge in [0.1, 0.15) is 0 Å². The van der Waals surface area contributed by atoms with E-state index in [2.05, 4.69) is 50.4 Å². The van der Waals surface area contributed by atoms with Gasteiger partial charge in [-0.15, -0.1) is 0 Å². The van der Waals surface area contributed by atoms with Crippen LogP contribution in [0, 0.1) is 0 Å². The summed E-state index contributed by atoms with van der Waals surface area (Å²) in [7, 11) is 0. The number of nitrogens with one attached hydrogen (secondary N) is 1. The van der Waals surface area contributed by atoms with Crippen LogP contribution < -0.4 is 5.32 Å². The Morgan fingerprint density at radius 1 is 1.04 bits per heavy atom. The molecule has 0 bridgehead atoms. The number of hydrogen-bond donors (Lipinski definition) is 1. The van der Waals surface area contributed by atoms with Crippen molar-refractivity contribution in [3.8, 4) is 0 Å². The normalized spacial score (nSPS) is 12.7. The highest BCUT2D eigenvalue weighted by Crippen LogP contribution is 2.26. The lowest BCUT2D eigenvalue weighted by atomic mass is 9.86. The van der Waals surface area contributed by atoms with Gasteiger partial charge < -0.3 is 5.32 Å². The topological polar surface area (TPSA) is 29.1 Å². The van der Waals surface area contributed by atoms with Crippen LogP contribution in [0.25, 0.3) is 0 Å². The number of hydrogen-bond acceptors (Lipinski definition) is 1. The summed E-state index contributed by atoms with van der Waals surface area (Å²) in [6.45, 7) is 8.56. The third-order valence-electron chi connectivity index (χ3n) is 4.32. The summed E-state index contributed by atoms with van der Waals surface area (Å²) >= 11 is 12.3. The van der Waals surface area contributed by atoms with E-state index >= 15 is 0 Å². The largest absolute Gasteiger partial charge is 0.350 e. The molecule has 0 saturated carbocycles. The maximum Gasteiger partial charge on any atom is 0.220 e. The Labute approximate surface area is 160 Å². The Bertz CT molecular complexity index is 712. The molecule has 1 N–H and O–H groups in total. The summed E-state index contributed by atoms with van der Waals surface area (Å²) < 4.78 is 0. The van der Waals surface area contributed by atoms with Gasteiger partial charge in [0.2, 0.25) is 5.91 Å². The molecule has 25 heavy (non-hydrogen) atoms. The van der Waals surface area contributed by atoms with Crippen LogP contribution in [-0.4, -0.2) is 5.91 Å². The summed E-state index contributed by atoms with van der Waals surface area (Å²) in [5.41, 5.74) is 3.32. The van der Waals surface area contributed by atoms with E-state index in [1.165, 1.54) is 5.56 Å². The summed E-state index contributed by atoms with van der Waals surface area (Å²) in [6.07, 6.45) is 0.883. The van der Waals surface area contributed by atoms with Gasteiger partial charge in [0.05, 0.1) is 6.04 Å². The molecule has 0 aliphatic carbocycles. The fourth-order valence-electron chi connectivity index (χ4n) is 2.68. The molecule has 0 heterocycles. The average molecular weight is 378 g/mol. The summed E-state index contributed by atoms with van der Waals surface area (Å²) in [4.78, 5) is 12.3. The molecule has 2 aromatic rings. The van der Waals surface area contributed by atoms with Crippen LogP contribution in [-0.2, 0) is 16.6 Å². The Morgan fingerprint density at radius 3 is 2.12 bits per heavy atom. The van der Waals surface area contributed by atoms with Crippen LogP contribution in [0.3, 0.4) is 0 Å². The van der Waals surface area contributed by atoms with Gasteiger partial charge in [0.15, 0.2) is 0 Å². The van der Waals surface area contributed by atoms with Crippen LogP contribution >= 0.6 is 23.2 Å². The molecule has 0 saturated heterocycles. The quantitative estimate of drug-likeness (QED) is 0.669. The van der Waals surface area contributed by atoms with Crippen molar-refractivity contribution in [3.63, 3.8) is 0 Å². The average Bonchev–Trinajstić information content (AvgIpc) is 2.53. The van der Waals surface area contributed by atoms with E-state index < -0.39 is 0 Å². The van der Waals surface area contributed by atoms with E-state index in [0.29, 0.717) is 22.9 Å². The van der Waals surface area contributed by atoms with Crippen LogP contribution in [0.5, 0.6) is 0 Å². The summed E-state index contributed by atoms with van der Waals surface area (Å²) in [6, 6.07) is 13.8. The van der Waals surface area contributed by atoms with Gasteiger partial charge in [-0.2, -0.15) is 0 Å². The van der Waals surface area contributed by atoms with Crippen molar-refractivity contribution in [2.45, 2.75) is 52.0 Å². The maximum atomic E-state index is 12.3. The molecule has 2 nitrogen and oxygen atoms in total. The summed E-state index contributed by atoms with van der Waals surface area (Å²) in [5.74, 6) is -0.0108. The Morgan fingerprint density at radius 2 is 1.60 bits per heavy atom. The zero-order valence-corrected chi connectivity index (χ0v) is 16.7. The second kappa shape index (κ2) is 8.25. The first-order valence-corrected chi connectivity index (χ1v) is 9.27. The zero-order chi connectivity index (χ0) is 18.6. The van der Waals surface area contributed by atoms with Crippen LogP contribution in [0.2, 0.25) is 10.0 Å². The number of carbonyl (C=O) groups is 1. The molecule has 0 fully saturated rings. The van der Waals surface area contributed by atoms with Crippen molar-refractivity contribution in [3.05, 3.63) is 69.2 Å². The molecule has 2 aromatic carbocycles. The molecule has 0 spiro atoms. The van der Waals surface area contributed by atoms with Gasteiger partial charge in [0.25, 0.3) is 0 Å². The van der Waals surface area contributed by atoms with E-state index in [1.54, 1.807) is 18.2 Å². The lowest BCUT2D eigenvalue weighted by Crippen LogP contribution is -2.27. The van der Waals surface area contributed by atoms with Gasteiger partial charge in [-0.3, -0.25) is 4.79 Å². The highest BCUT2D eigenvalue weighted by Gasteiger charge is 2.15. The van der Waals surface area contributed by atoms with Gasteiger partial charge in [-0.05, 0) is 47.6 Å². The number of carbonyl (C=O) groups excluding carboxylic acids is 1. The van der Waals surface area contributed by atoms with Crippen molar-refractivity contribution in [2.24, 2.45) is 0 Å². The minimum absolute atomic E-state index is 0.0108. The van der Waals surface area contributed by atoms with E-state index in [1.807, 2.05) is 6.92 Å². The third-order valence-corrected chi connectivity index (χ3v) is 5.03. The fourth-order valence-corrected chi connectivity index (χ4v) is 3.26. The standard InChI is InChI=1S/C21H25Cl2NO/c1-14(15-8-10-16(11-9-15)21(2,3)4)24-20(25)13-12-17-18(22)6-5-7-19(17)23/h5-11,14H,12-13H2,1-4H3,(H,24,25). The monoisotopic (exact) mass is 377 g/mol. The second-order valence-electron chi connectivity index (χ2n) is 7.36. The Hall–Kier alpha value is -1.51. The van der Waals surface area contributed by atoms with Gasteiger partial charge in [-0.25, -0.2) is 0 Å². The molecule has 0 radical (unpaired) electrons. The van der Waals surface area contributed by atoms with Crippen molar-refractivity contribution < 1.29 is 4.79 Å². The number of rotatable bonds is 5.